The van der Waals surface area contributed by atoms with Gasteiger partial charge in [-0.15, -0.1) is 0 Å². The summed E-state index contributed by atoms with van der Waals surface area (Å²) in [5, 5.41) is 0. The summed E-state index contributed by atoms with van der Waals surface area (Å²) in [6.07, 6.45) is 8.28. The second kappa shape index (κ2) is 11.4. The van der Waals surface area contributed by atoms with Crippen molar-refractivity contribution in [2.75, 3.05) is 46.4 Å². The summed E-state index contributed by atoms with van der Waals surface area (Å²) >= 11 is 0. The topological polar surface area (TPSA) is 76.3 Å². The monoisotopic (exact) mass is 534 g/mol. The number of epoxide rings is 2. The smallest absolute Gasteiger partial charge is 0.410 e. The minimum atomic E-state index is -0.316. The zero-order valence-corrected chi connectivity index (χ0v) is 24.4. The van der Waals surface area contributed by atoms with Crippen molar-refractivity contribution >= 4 is 6.09 Å². The molecule has 0 aromatic heterocycles. The molecule has 0 aromatic rings. The molecule has 4 saturated heterocycles. The number of morpholine rings is 1. The van der Waals surface area contributed by atoms with Crippen molar-refractivity contribution < 1.29 is 28.5 Å². The first-order valence-corrected chi connectivity index (χ1v) is 15.0. The van der Waals surface area contributed by atoms with E-state index in [1.807, 2.05) is 4.90 Å². The van der Waals surface area contributed by atoms with Crippen molar-refractivity contribution in [2.24, 2.45) is 11.8 Å². The van der Waals surface area contributed by atoms with Crippen molar-refractivity contribution in [1.29, 1.82) is 0 Å². The molecule has 4 heterocycles. The number of rotatable bonds is 10. The van der Waals surface area contributed by atoms with Crippen molar-refractivity contribution in [2.45, 2.75) is 115 Å². The lowest BCUT2D eigenvalue weighted by molar-refractivity contribution is -0.124. The van der Waals surface area contributed by atoms with E-state index in [0.717, 1.165) is 77.9 Å². The molecule has 5 fully saturated rings. The highest BCUT2D eigenvalue weighted by Gasteiger charge is 2.72. The van der Waals surface area contributed by atoms with Crippen LogP contribution >= 0.6 is 0 Å². The fourth-order valence-electron chi connectivity index (χ4n) is 7.35. The molecule has 1 aliphatic carbocycles. The highest BCUT2D eigenvalue weighted by molar-refractivity contribution is 5.69. The highest BCUT2D eigenvalue weighted by Crippen LogP contribution is 2.59. The van der Waals surface area contributed by atoms with Crippen LogP contribution < -0.4 is 0 Å². The third kappa shape index (κ3) is 5.95. The molecule has 3 unspecified atom stereocenters. The zero-order valence-electron chi connectivity index (χ0n) is 24.4. The summed E-state index contributed by atoms with van der Waals surface area (Å²) in [7, 11) is 1.73. The van der Waals surface area contributed by atoms with E-state index < -0.39 is 0 Å². The minimum absolute atomic E-state index is 0.0544. The van der Waals surface area contributed by atoms with Gasteiger partial charge >= 0.3 is 6.09 Å². The second-order valence-electron chi connectivity index (χ2n) is 13.0. The van der Waals surface area contributed by atoms with Crippen LogP contribution in [0, 0.1) is 11.8 Å². The molecular formula is C30H50N2O6. The number of likely N-dealkylation sites (tertiary alicyclic amines) is 1. The number of carbonyl (C=O) groups excluding carboxylic acids is 1. The van der Waals surface area contributed by atoms with Gasteiger partial charge in [0.05, 0.1) is 30.8 Å². The quantitative estimate of drug-likeness (QED) is 0.304. The van der Waals surface area contributed by atoms with Crippen LogP contribution in [0.4, 0.5) is 4.79 Å². The average Bonchev–Trinajstić information content (AvgIpc) is 3.74. The lowest BCUT2D eigenvalue weighted by atomic mass is 9.68. The van der Waals surface area contributed by atoms with Gasteiger partial charge in [0.25, 0.3) is 0 Å². The van der Waals surface area contributed by atoms with E-state index in [1.54, 1.807) is 7.11 Å². The number of hydrogen-bond acceptors (Lipinski definition) is 7. The van der Waals surface area contributed by atoms with Crippen molar-refractivity contribution in [3.05, 3.63) is 11.6 Å². The Labute approximate surface area is 229 Å². The van der Waals surface area contributed by atoms with E-state index in [0.29, 0.717) is 18.1 Å². The number of ether oxygens (including phenoxy) is 5. The Kier molecular flexibility index (Phi) is 8.47. The predicted molar refractivity (Wildman–Crippen MR) is 145 cm³/mol. The van der Waals surface area contributed by atoms with Gasteiger partial charge in [-0.05, 0) is 72.3 Å². The Bertz CT molecular complexity index is 867. The maximum atomic E-state index is 13.1. The van der Waals surface area contributed by atoms with Crippen molar-refractivity contribution in [3.63, 3.8) is 0 Å². The summed E-state index contributed by atoms with van der Waals surface area (Å²) in [5.41, 5.74) is 0.781. The van der Waals surface area contributed by atoms with E-state index in [1.165, 1.54) is 5.57 Å². The molecule has 0 radical (unpaired) electrons. The minimum Gasteiger partial charge on any atom is -0.443 e. The van der Waals surface area contributed by atoms with Gasteiger partial charge in [0.1, 0.15) is 23.4 Å². The van der Waals surface area contributed by atoms with E-state index >= 15 is 0 Å². The molecule has 5 rings (SSSR count). The van der Waals surface area contributed by atoms with Gasteiger partial charge in [-0.2, -0.15) is 0 Å². The first-order valence-electron chi connectivity index (χ1n) is 15.0. The lowest BCUT2D eigenvalue weighted by Gasteiger charge is -2.45. The molecule has 8 atom stereocenters. The third-order valence-electron chi connectivity index (χ3n) is 9.57. The zero-order chi connectivity index (χ0) is 27.1. The van der Waals surface area contributed by atoms with Crippen LogP contribution in [0.3, 0.4) is 0 Å². The Hall–Kier alpha value is -1.19. The van der Waals surface area contributed by atoms with Gasteiger partial charge in [-0.3, -0.25) is 4.90 Å². The molecule has 8 heteroatoms. The molecule has 216 valence electrons. The molecule has 0 aromatic carbocycles. The molecule has 1 amide bonds. The fourth-order valence-corrected chi connectivity index (χ4v) is 7.35. The van der Waals surface area contributed by atoms with Gasteiger partial charge in [-0.1, -0.05) is 25.0 Å². The van der Waals surface area contributed by atoms with Crippen LogP contribution in [-0.4, -0.2) is 104 Å². The van der Waals surface area contributed by atoms with Crippen LogP contribution in [0.15, 0.2) is 11.6 Å². The number of nitrogens with zero attached hydrogens (tertiary/aromatic N) is 2. The molecule has 5 aliphatic rings. The SMILES string of the molecule is CCCC1CN(CCC2CN(C(=O)O[C@@H]3CC[C@]4(CO4)C([C@@]4(C)O[C@@H]4CC=C(C)C)[C@@H]3OC)C2)CC(C)O1. The first-order chi connectivity index (χ1) is 18.2. The van der Waals surface area contributed by atoms with Gasteiger partial charge in [0.2, 0.25) is 0 Å². The normalized spacial score (nSPS) is 41.1. The van der Waals surface area contributed by atoms with Gasteiger partial charge < -0.3 is 28.6 Å². The lowest BCUT2D eigenvalue weighted by Crippen LogP contribution is -2.58. The van der Waals surface area contributed by atoms with E-state index in [9.17, 15) is 4.79 Å². The highest BCUT2D eigenvalue weighted by atomic mass is 16.6. The maximum absolute atomic E-state index is 13.1. The first kappa shape index (κ1) is 28.3. The summed E-state index contributed by atoms with van der Waals surface area (Å²) in [4.78, 5) is 17.5. The van der Waals surface area contributed by atoms with Crippen LogP contribution in [0.25, 0.3) is 0 Å². The Morgan fingerprint density at radius 1 is 1.16 bits per heavy atom. The Balaban J connectivity index is 1.10. The van der Waals surface area contributed by atoms with Gasteiger partial charge in [0.15, 0.2) is 0 Å². The number of methoxy groups -OCH3 is 1. The van der Waals surface area contributed by atoms with Crippen LogP contribution in [0.1, 0.15) is 73.1 Å². The fraction of sp³-hybridized carbons (Fsp3) is 0.900. The molecule has 0 N–H and O–H groups in total. The molecule has 1 spiro atoms. The Morgan fingerprint density at radius 3 is 2.58 bits per heavy atom. The maximum Gasteiger partial charge on any atom is 0.410 e. The number of carbonyl (C=O) groups is 1. The van der Waals surface area contributed by atoms with Crippen LogP contribution in [0.2, 0.25) is 0 Å². The standard InChI is InChI=1S/C30H50N2O6/c1-7-8-23-18-31(15-21(4)36-23)14-12-22-16-32(17-22)28(33)37-24-11-13-30(19-35-30)27(26(24)34-6)29(5)25(38-29)10-9-20(2)3/h9,21-27H,7-8,10-19H2,1-6H3/t21?,23?,24-,25-,26-,27?,29+,30+/m1/s1. The van der Waals surface area contributed by atoms with E-state index in [2.05, 4.69) is 45.6 Å². The Morgan fingerprint density at radius 2 is 1.92 bits per heavy atom. The number of hydrogen-bond donors (Lipinski definition) is 0. The largest absolute Gasteiger partial charge is 0.443 e. The van der Waals surface area contributed by atoms with Crippen molar-refractivity contribution in [3.8, 4) is 0 Å². The second-order valence-corrected chi connectivity index (χ2v) is 13.0. The summed E-state index contributed by atoms with van der Waals surface area (Å²) in [6, 6.07) is 0. The average molecular weight is 535 g/mol. The van der Waals surface area contributed by atoms with Crippen LogP contribution in [-0.2, 0) is 23.7 Å². The summed E-state index contributed by atoms with van der Waals surface area (Å²) in [5.74, 6) is 0.596. The third-order valence-corrected chi connectivity index (χ3v) is 9.57. The van der Waals surface area contributed by atoms with Crippen molar-refractivity contribution in [1.82, 2.24) is 9.80 Å². The molecule has 8 nitrogen and oxygen atoms in total. The molecule has 38 heavy (non-hydrogen) atoms. The summed E-state index contributed by atoms with van der Waals surface area (Å²) < 4.78 is 30.6. The molecule has 1 saturated carbocycles. The van der Waals surface area contributed by atoms with Gasteiger partial charge in [-0.25, -0.2) is 4.79 Å². The molecular weight excluding hydrogens is 484 g/mol. The molecule has 0 bridgehead atoms. The predicted octanol–water partition coefficient (Wildman–Crippen LogP) is 4.41. The molecule has 4 aliphatic heterocycles. The van der Waals surface area contributed by atoms with Gasteiger partial charge in [0, 0.05) is 33.3 Å². The van der Waals surface area contributed by atoms with E-state index in [-0.39, 0.29) is 41.5 Å². The van der Waals surface area contributed by atoms with Crippen LogP contribution in [0.5, 0.6) is 0 Å². The summed E-state index contributed by atoms with van der Waals surface area (Å²) in [6.45, 7) is 16.2. The number of amides is 1. The van der Waals surface area contributed by atoms with E-state index in [4.69, 9.17) is 23.7 Å². The number of allylic oxidation sites excluding steroid dienone is 1.